The molecule has 9 nitrogen and oxygen atoms in total. The lowest BCUT2D eigenvalue weighted by Crippen LogP contribution is -2.49. The Morgan fingerprint density at radius 2 is 1.85 bits per heavy atom. The summed E-state index contributed by atoms with van der Waals surface area (Å²) in [5.74, 6) is 0.322. The molecule has 0 saturated carbocycles. The third kappa shape index (κ3) is 6.11. The van der Waals surface area contributed by atoms with Gasteiger partial charge in [0.15, 0.2) is 19.8 Å². The average Bonchev–Trinajstić information content (AvgIpc) is 3.17. The average molecular weight is 495 g/mol. The fourth-order valence-electron chi connectivity index (χ4n) is 3.58. The molecule has 0 spiro atoms. The first kappa shape index (κ1) is 27.7. The highest BCUT2D eigenvalue weighted by molar-refractivity contribution is 6.74. The van der Waals surface area contributed by atoms with Gasteiger partial charge in [-0.1, -0.05) is 33.4 Å². The summed E-state index contributed by atoms with van der Waals surface area (Å²) in [5.41, 5.74) is 0.404. The molecule has 2 N–H and O–H groups in total. The topological polar surface area (TPSA) is 107 Å². The van der Waals surface area contributed by atoms with E-state index in [2.05, 4.69) is 45.8 Å². The summed E-state index contributed by atoms with van der Waals surface area (Å²) in [6.07, 6.45) is 1.05. The van der Waals surface area contributed by atoms with E-state index >= 15 is 0 Å². The molecule has 0 unspecified atom stereocenters. The number of hydrogen-bond donors (Lipinski definition) is 2. The second-order valence-corrected chi connectivity index (χ2v) is 14.5. The lowest BCUT2D eigenvalue weighted by atomic mass is 10.1. The fourth-order valence-corrected chi connectivity index (χ4v) is 4.97. The number of carbonyl (C=O) groups excluding carboxylic acids is 2. The van der Waals surface area contributed by atoms with Crippen LogP contribution >= 0.6 is 0 Å². The predicted octanol–water partition coefficient (Wildman–Crippen LogP) is 4.04. The zero-order valence-electron chi connectivity index (χ0n) is 21.3. The number of aliphatic hydroxyl groups is 1. The second-order valence-electron chi connectivity index (χ2n) is 9.72. The van der Waals surface area contributed by atoms with Crippen LogP contribution in [0.4, 0.5) is 10.5 Å². The Morgan fingerprint density at radius 1 is 1.24 bits per heavy atom. The molecule has 0 bridgehead atoms. The van der Waals surface area contributed by atoms with Crippen LogP contribution in [0.3, 0.4) is 0 Å². The maximum absolute atomic E-state index is 13.7. The van der Waals surface area contributed by atoms with Crippen LogP contribution in [0.5, 0.6) is 11.5 Å². The van der Waals surface area contributed by atoms with Crippen LogP contribution in [0.1, 0.15) is 37.6 Å². The van der Waals surface area contributed by atoms with Crippen LogP contribution in [0.15, 0.2) is 24.8 Å². The van der Waals surface area contributed by atoms with E-state index in [-0.39, 0.29) is 41.5 Å². The largest absolute Gasteiger partial charge is 0.493 e. The van der Waals surface area contributed by atoms with Gasteiger partial charge in [-0.3, -0.25) is 10.1 Å². The summed E-state index contributed by atoms with van der Waals surface area (Å²) in [5, 5.41) is 12.8. The molecule has 1 aliphatic rings. The summed E-state index contributed by atoms with van der Waals surface area (Å²) in [7, 11) is 0.816. The van der Waals surface area contributed by atoms with Crippen molar-refractivity contribution >= 4 is 26.0 Å². The molecule has 1 heterocycles. The minimum atomic E-state index is -2.11. The number of likely N-dealkylation sites (tertiary alicyclic amines) is 1. The molecule has 1 saturated heterocycles. The lowest BCUT2D eigenvalue weighted by molar-refractivity contribution is 0.0519. The number of nitrogens with zero attached hydrogens (tertiary/aromatic N) is 1. The third-order valence-electron chi connectivity index (χ3n) is 6.51. The summed E-state index contributed by atoms with van der Waals surface area (Å²) < 4.78 is 22.3. The van der Waals surface area contributed by atoms with Crippen molar-refractivity contribution in [1.29, 1.82) is 0 Å². The standard InChI is InChI=1S/C24H38N2O7Si/c1-9-12-32-23(29)25-17-14-21(31-6)20(30-5)13-16(17)22(28)26-11-10-19(18(26)15-27)33-34(7,8)24(2,3)4/h9,13-14,18-19,27H,1,10-12,15H2,2-8H3,(H,25,29)/t18-,19+/m1/s1. The van der Waals surface area contributed by atoms with Crippen molar-refractivity contribution < 1.29 is 33.3 Å². The molecule has 1 aromatic rings. The highest BCUT2D eigenvalue weighted by Gasteiger charge is 2.45. The van der Waals surface area contributed by atoms with Crippen molar-refractivity contribution in [2.24, 2.45) is 0 Å². The van der Waals surface area contributed by atoms with E-state index in [1.807, 2.05) is 0 Å². The van der Waals surface area contributed by atoms with Gasteiger partial charge in [-0.15, -0.1) is 0 Å². The fraction of sp³-hybridized carbons (Fsp3) is 0.583. The van der Waals surface area contributed by atoms with Crippen LogP contribution in [-0.2, 0) is 9.16 Å². The first-order valence-electron chi connectivity index (χ1n) is 11.3. The Labute approximate surface area is 203 Å². The van der Waals surface area contributed by atoms with Gasteiger partial charge in [-0.25, -0.2) is 4.79 Å². The lowest BCUT2D eigenvalue weighted by Gasteiger charge is -2.40. The van der Waals surface area contributed by atoms with Crippen molar-refractivity contribution in [2.75, 3.05) is 39.3 Å². The number of anilines is 1. The van der Waals surface area contributed by atoms with Crippen LogP contribution in [0.2, 0.25) is 18.1 Å². The van der Waals surface area contributed by atoms with Gasteiger partial charge >= 0.3 is 6.09 Å². The Hall–Kier alpha value is -2.56. The third-order valence-corrected chi connectivity index (χ3v) is 11.0. The molecule has 2 rings (SSSR count). The summed E-state index contributed by atoms with van der Waals surface area (Å²) in [6.45, 7) is 14.5. The monoisotopic (exact) mass is 494 g/mol. The van der Waals surface area contributed by atoms with Gasteiger partial charge in [0.25, 0.3) is 5.91 Å². The molecular formula is C24H38N2O7Si. The van der Waals surface area contributed by atoms with Crippen LogP contribution in [0.25, 0.3) is 0 Å². The van der Waals surface area contributed by atoms with Gasteiger partial charge in [-0.2, -0.15) is 0 Å². The molecule has 10 heteroatoms. The van der Waals surface area contributed by atoms with Crippen LogP contribution in [0, 0.1) is 0 Å². The number of benzene rings is 1. The van der Waals surface area contributed by atoms with E-state index in [1.54, 1.807) is 4.90 Å². The normalized spacial score (nSPS) is 18.4. The Balaban J connectivity index is 2.38. The highest BCUT2D eigenvalue weighted by Crippen LogP contribution is 2.40. The van der Waals surface area contributed by atoms with Gasteiger partial charge < -0.3 is 28.6 Å². The highest BCUT2D eigenvalue weighted by atomic mass is 28.4. The van der Waals surface area contributed by atoms with Crippen molar-refractivity contribution in [2.45, 2.75) is 57.5 Å². The van der Waals surface area contributed by atoms with Gasteiger partial charge in [-0.05, 0) is 30.6 Å². The molecule has 1 fully saturated rings. The quantitative estimate of drug-likeness (QED) is 0.394. The number of nitrogens with one attached hydrogen (secondary N) is 1. The van der Waals surface area contributed by atoms with Gasteiger partial charge in [0, 0.05) is 12.6 Å². The number of aliphatic hydroxyl groups excluding tert-OH is 1. The van der Waals surface area contributed by atoms with Crippen LogP contribution in [-0.4, -0.2) is 76.4 Å². The summed E-state index contributed by atoms with van der Waals surface area (Å²) in [4.78, 5) is 27.5. The molecule has 0 radical (unpaired) electrons. The van der Waals surface area contributed by atoms with E-state index in [9.17, 15) is 14.7 Å². The van der Waals surface area contributed by atoms with E-state index in [4.69, 9.17) is 18.6 Å². The molecule has 34 heavy (non-hydrogen) atoms. The maximum atomic E-state index is 13.7. The van der Waals surface area contributed by atoms with Crippen molar-refractivity contribution in [3.8, 4) is 11.5 Å². The Kier molecular flexibility index (Phi) is 9.15. The molecule has 190 valence electrons. The minimum absolute atomic E-state index is 0.00330. The zero-order chi connectivity index (χ0) is 25.7. The number of hydrogen-bond acceptors (Lipinski definition) is 7. The van der Waals surface area contributed by atoms with Crippen molar-refractivity contribution in [3.63, 3.8) is 0 Å². The molecular weight excluding hydrogens is 456 g/mol. The van der Waals surface area contributed by atoms with Gasteiger partial charge in [0.05, 0.1) is 44.2 Å². The number of amides is 2. The Morgan fingerprint density at radius 3 is 2.38 bits per heavy atom. The van der Waals surface area contributed by atoms with Crippen molar-refractivity contribution in [3.05, 3.63) is 30.4 Å². The number of methoxy groups -OCH3 is 2. The molecule has 0 aliphatic carbocycles. The first-order valence-corrected chi connectivity index (χ1v) is 14.2. The van der Waals surface area contributed by atoms with E-state index in [0.29, 0.717) is 24.5 Å². The second kappa shape index (κ2) is 11.2. The summed E-state index contributed by atoms with van der Waals surface area (Å²) in [6, 6.07) is 2.52. The van der Waals surface area contributed by atoms with E-state index in [1.165, 1.54) is 32.4 Å². The molecule has 2 amide bonds. The van der Waals surface area contributed by atoms with E-state index in [0.717, 1.165) is 0 Å². The smallest absolute Gasteiger partial charge is 0.411 e. The van der Waals surface area contributed by atoms with E-state index < -0.39 is 20.5 Å². The molecule has 1 aromatic carbocycles. The first-order chi connectivity index (χ1) is 15.9. The molecule has 1 aliphatic heterocycles. The SMILES string of the molecule is C=CCOC(=O)Nc1cc(OC)c(OC)cc1C(=O)N1CC[C@H](O[Si](C)(C)C(C)(C)C)[C@H]1CO. The summed E-state index contributed by atoms with van der Waals surface area (Å²) >= 11 is 0. The van der Waals surface area contributed by atoms with Crippen LogP contribution < -0.4 is 14.8 Å². The molecule has 2 atom stereocenters. The van der Waals surface area contributed by atoms with Gasteiger partial charge in [0.1, 0.15) is 6.61 Å². The molecule has 0 aromatic heterocycles. The minimum Gasteiger partial charge on any atom is -0.493 e. The van der Waals surface area contributed by atoms with Gasteiger partial charge in [0.2, 0.25) is 0 Å². The Bertz CT molecular complexity index is 898. The zero-order valence-corrected chi connectivity index (χ0v) is 22.3. The predicted molar refractivity (Wildman–Crippen MR) is 133 cm³/mol. The maximum Gasteiger partial charge on any atom is 0.411 e. The number of rotatable bonds is 9. The number of ether oxygens (including phenoxy) is 3. The number of carbonyl (C=O) groups is 2. The van der Waals surface area contributed by atoms with Crippen molar-refractivity contribution in [1.82, 2.24) is 4.90 Å².